The minimum Gasteiger partial charge on any atom is -0.474 e. The molecular formula is C19H17Cl2N3O2. The number of rotatable bonds is 4. The van der Waals surface area contributed by atoms with Crippen LogP contribution in [0, 0.1) is 11.3 Å². The Morgan fingerprint density at radius 2 is 1.96 bits per heavy atom. The molecule has 2 aromatic rings. The fourth-order valence-corrected chi connectivity index (χ4v) is 3.32. The third kappa shape index (κ3) is 4.66. The molecular weight excluding hydrogens is 373 g/mol. The molecule has 1 N–H and O–H groups in total. The van der Waals surface area contributed by atoms with Crippen LogP contribution in [0.4, 0.5) is 0 Å². The molecule has 134 valence electrons. The molecule has 0 spiro atoms. The number of benzene rings is 1. The molecule has 0 aliphatic heterocycles. The van der Waals surface area contributed by atoms with Gasteiger partial charge in [0.25, 0.3) is 5.91 Å². The third-order valence-corrected chi connectivity index (χ3v) is 4.90. The van der Waals surface area contributed by atoms with Crippen molar-refractivity contribution in [2.24, 2.45) is 0 Å². The second-order valence-corrected chi connectivity index (χ2v) is 7.03. The molecule has 0 saturated heterocycles. The molecule has 0 radical (unpaired) electrons. The lowest BCUT2D eigenvalue weighted by Gasteiger charge is -2.29. The summed E-state index contributed by atoms with van der Waals surface area (Å²) < 4.78 is 5.86. The van der Waals surface area contributed by atoms with E-state index in [2.05, 4.69) is 10.3 Å². The minimum absolute atomic E-state index is 0.0540. The van der Waals surface area contributed by atoms with E-state index in [0.717, 1.165) is 25.7 Å². The van der Waals surface area contributed by atoms with Crippen LogP contribution in [0.15, 0.2) is 36.5 Å². The lowest BCUT2D eigenvalue weighted by Crippen LogP contribution is -2.39. The average molecular weight is 390 g/mol. The van der Waals surface area contributed by atoms with E-state index < -0.39 is 0 Å². The van der Waals surface area contributed by atoms with E-state index >= 15 is 0 Å². The van der Waals surface area contributed by atoms with Crippen LogP contribution in [0.3, 0.4) is 0 Å². The molecule has 0 unspecified atom stereocenters. The molecule has 1 aromatic heterocycles. The molecule has 1 heterocycles. The van der Waals surface area contributed by atoms with Gasteiger partial charge in [0.1, 0.15) is 12.2 Å². The Bertz CT molecular complexity index is 826. The summed E-state index contributed by atoms with van der Waals surface area (Å²) in [6.45, 7) is 0. The van der Waals surface area contributed by atoms with Crippen molar-refractivity contribution in [2.45, 2.75) is 37.8 Å². The Labute approximate surface area is 161 Å². The van der Waals surface area contributed by atoms with Crippen LogP contribution in [-0.4, -0.2) is 23.0 Å². The van der Waals surface area contributed by atoms with Gasteiger partial charge in [-0.15, -0.1) is 0 Å². The number of halogens is 2. The fourth-order valence-electron chi connectivity index (χ4n) is 2.95. The molecule has 1 aliphatic rings. The van der Waals surface area contributed by atoms with Crippen LogP contribution in [0.5, 0.6) is 5.88 Å². The van der Waals surface area contributed by atoms with E-state index in [1.807, 2.05) is 6.07 Å². The van der Waals surface area contributed by atoms with Crippen molar-refractivity contribution in [3.05, 3.63) is 57.7 Å². The highest BCUT2D eigenvalue weighted by atomic mass is 35.5. The van der Waals surface area contributed by atoms with Gasteiger partial charge in [-0.05, 0) is 49.9 Å². The van der Waals surface area contributed by atoms with E-state index in [-0.39, 0.29) is 18.1 Å². The first-order valence-corrected chi connectivity index (χ1v) is 9.09. The summed E-state index contributed by atoms with van der Waals surface area (Å²) in [6, 6.07) is 10.3. The number of nitrogens with one attached hydrogen (secondary N) is 1. The number of carbonyl (C=O) groups excluding carboxylic acids is 1. The SMILES string of the molecule is N#Cc1ccc(OC2CCC(NC(=O)c3cc(Cl)ccc3Cl)CC2)nc1. The van der Waals surface area contributed by atoms with Crippen molar-refractivity contribution >= 4 is 29.1 Å². The highest BCUT2D eigenvalue weighted by Crippen LogP contribution is 2.25. The number of nitriles is 1. The monoisotopic (exact) mass is 389 g/mol. The van der Waals surface area contributed by atoms with Gasteiger partial charge in [0.15, 0.2) is 0 Å². The zero-order chi connectivity index (χ0) is 18.5. The molecule has 5 nitrogen and oxygen atoms in total. The van der Waals surface area contributed by atoms with Crippen molar-refractivity contribution in [3.63, 3.8) is 0 Å². The number of nitrogens with zero attached hydrogens (tertiary/aromatic N) is 2. The molecule has 1 amide bonds. The highest BCUT2D eigenvalue weighted by Gasteiger charge is 2.25. The smallest absolute Gasteiger partial charge is 0.253 e. The normalized spacial score (nSPS) is 19.4. The van der Waals surface area contributed by atoms with Crippen molar-refractivity contribution in [3.8, 4) is 11.9 Å². The quantitative estimate of drug-likeness (QED) is 0.841. The molecule has 0 atom stereocenters. The molecule has 1 aromatic carbocycles. The van der Waals surface area contributed by atoms with Crippen LogP contribution in [0.25, 0.3) is 0 Å². The lowest BCUT2D eigenvalue weighted by atomic mass is 9.92. The maximum absolute atomic E-state index is 12.4. The molecule has 7 heteroatoms. The molecule has 0 bridgehead atoms. The van der Waals surface area contributed by atoms with Gasteiger partial charge in [-0.25, -0.2) is 4.98 Å². The summed E-state index contributed by atoms with van der Waals surface area (Å²) in [5.41, 5.74) is 0.891. The maximum atomic E-state index is 12.4. The van der Waals surface area contributed by atoms with E-state index in [0.29, 0.717) is 27.1 Å². The summed E-state index contributed by atoms with van der Waals surface area (Å²) in [5.74, 6) is 0.304. The van der Waals surface area contributed by atoms with Crippen molar-refractivity contribution in [2.75, 3.05) is 0 Å². The first-order chi connectivity index (χ1) is 12.5. The Morgan fingerprint density at radius 1 is 1.19 bits per heavy atom. The maximum Gasteiger partial charge on any atom is 0.253 e. The van der Waals surface area contributed by atoms with Crippen LogP contribution in [0.1, 0.15) is 41.6 Å². The van der Waals surface area contributed by atoms with Crippen LogP contribution >= 0.6 is 23.2 Å². The number of pyridine rings is 1. The second-order valence-electron chi connectivity index (χ2n) is 6.19. The Hall–Kier alpha value is -2.29. The standard InChI is InChI=1S/C19H17Cl2N3O2/c20-13-2-7-17(21)16(9-13)19(25)24-14-3-5-15(6-4-14)26-18-8-1-12(10-22)11-23-18/h1-2,7-9,11,14-15H,3-6H2,(H,24,25). The Kier molecular flexibility index (Phi) is 5.97. The molecule has 1 aliphatic carbocycles. The van der Waals surface area contributed by atoms with Gasteiger partial charge in [0, 0.05) is 23.3 Å². The summed E-state index contributed by atoms with van der Waals surface area (Å²) in [4.78, 5) is 16.5. The second kappa shape index (κ2) is 8.39. The van der Waals surface area contributed by atoms with Gasteiger partial charge in [0.05, 0.1) is 16.1 Å². The highest BCUT2D eigenvalue weighted by molar-refractivity contribution is 6.35. The minimum atomic E-state index is -0.212. The number of ether oxygens (including phenoxy) is 1. The van der Waals surface area contributed by atoms with Gasteiger partial charge in [-0.3, -0.25) is 4.79 Å². The number of hydrogen-bond acceptors (Lipinski definition) is 4. The molecule has 1 fully saturated rings. The first kappa shape index (κ1) is 18.5. The van der Waals surface area contributed by atoms with E-state index in [9.17, 15) is 4.79 Å². The zero-order valence-electron chi connectivity index (χ0n) is 13.9. The summed E-state index contributed by atoms with van der Waals surface area (Å²) in [6.07, 6.45) is 4.80. The molecule has 1 saturated carbocycles. The number of carbonyl (C=O) groups is 1. The van der Waals surface area contributed by atoms with Crippen LogP contribution in [-0.2, 0) is 0 Å². The van der Waals surface area contributed by atoms with E-state index in [1.165, 1.54) is 6.20 Å². The summed E-state index contributed by atoms with van der Waals surface area (Å²) >= 11 is 12.0. The average Bonchev–Trinajstić information content (AvgIpc) is 2.66. The Balaban J connectivity index is 1.51. The predicted octanol–water partition coefficient (Wildman–Crippen LogP) is 4.38. The fraction of sp³-hybridized carbons (Fsp3) is 0.316. The van der Waals surface area contributed by atoms with Gasteiger partial charge in [-0.1, -0.05) is 23.2 Å². The first-order valence-electron chi connectivity index (χ1n) is 8.34. The molecule has 26 heavy (non-hydrogen) atoms. The topological polar surface area (TPSA) is 75.0 Å². The largest absolute Gasteiger partial charge is 0.474 e. The molecule has 3 rings (SSSR count). The third-order valence-electron chi connectivity index (χ3n) is 4.34. The van der Waals surface area contributed by atoms with E-state index in [4.69, 9.17) is 33.2 Å². The lowest BCUT2D eigenvalue weighted by molar-refractivity contribution is 0.0890. The number of amides is 1. The Morgan fingerprint density at radius 3 is 2.62 bits per heavy atom. The van der Waals surface area contributed by atoms with Crippen molar-refractivity contribution in [1.29, 1.82) is 5.26 Å². The van der Waals surface area contributed by atoms with Gasteiger partial charge in [0.2, 0.25) is 5.88 Å². The summed E-state index contributed by atoms with van der Waals surface area (Å²) in [7, 11) is 0. The summed E-state index contributed by atoms with van der Waals surface area (Å²) in [5, 5.41) is 12.7. The number of aromatic nitrogens is 1. The van der Waals surface area contributed by atoms with Crippen molar-refractivity contribution < 1.29 is 9.53 Å². The van der Waals surface area contributed by atoms with Gasteiger partial charge < -0.3 is 10.1 Å². The van der Waals surface area contributed by atoms with E-state index in [1.54, 1.807) is 30.3 Å². The van der Waals surface area contributed by atoms with Crippen LogP contribution in [0.2, 0.25) is 10.0 Å². The van der Waals surface area contributed by atoms with Gasteiger partial charge >= 0.3 is 0 Å². The van der Waals surface area contributed by atoms with Crippen LogP contribution < -0.4 is 10.1 Å². The van der Waals surface area contributed by atoms with Gasteiger partial charge in [-0.2, -0.15) is 5.26 Å². The predicted molar refractivity (Wildman–Crippen MR) is 99.6 cm³/mol. The van der Waals surface area contributed by atoms with Crippen molar-refractivity contribution in [1.82, 2.24) is 10.3 Å². The number of hydrogen-bond donors (Lipinski definition) is 1. The zero-order valence-corrected chi connectivity index (χ0v) is 15.4.